The Labute approximate surface area is 146 Å². The second-order valence-electron chi connectivity index (χ2n) is 5.86. The van der Waals surface area contributed by atoms with Crippen LogP contribution in [0.2, 0.25) is 0 Å². The van der Waals surface area contributed by atoms with Crippen LogP contribution in [-0.4, -0.2) is 36.1 Å². The molecule has 1 aliphatic rings. The summed E-state index contributed by atoms with van der Waals surface area (Å²) in [4.78, 5) is 22.9. The summed E-state index contributed by atoms with van der Waals surface area (Å²) in [5, 5.41) is 11.7. The van der Waals surface area contributed by atoms with Gasteiger partial charge in [-0.05, 0) is 31.0 Å². The monoisotopic (exact) mass is 337 g/mol. The number of anilines is 2. The van der Waals surface area contributed by atoms with Gasteiger partial charge in [0.05, 0.1) is 24.6 Å². The normalized spacial score (nSPS) is 14.6. The van der Waals surface area contributed by atoms with E-state index in [0.29, 0.717) is 17.1 Å². The number of methoxy groups -OCH3 is 1. The van der Waals surface area contributed by atoms with Crippen molar-refractivity contribution in [3.63, 3.8) is 0 Å². The number of ether oxygens (including phenoxy) is 1. The van der Waals surface area contributed by atoms with Crippen molar-refractivity contribution in [3.05, 3.63) is 42.2 Å². The maximum absolute atomic E-state index is 12.4. The van der Waals surface area contributed by atoms with E-state index in [9.17, 15) is 4.79 Å². The summed E-state index contributed by atoms with van der Waals surface area (Å²) < 4.78 is 5.01. The molecule has 0 saturated carbocycles. The zero-order valence-electron chi connectivity index (χ0n) is 14.0. The largest absolute Gasteiger partial charge is 0.481 e. The quantitative estimate of drug-likeness (QED) is 0.920. The second kappa shape index (κ2) is 7.62. The molecular formula is C18H19N5O2. The fourth-order valence-electron chi connectivity index (χ4n) is 2.83. The number of amides is 1. The lowest BCUT2D eigenvalue weighted by molar-refractivity contribution is -0.120. The van der Waals surface area contributed by atoms with Crippen LogP contribution in [0.1, 0.15) is 18.4 Å². The second-order valence-corrected chi connectivity index (χ2v) is 5.86. The Bertz CT molecular complexity index is 760. The van der Waals surface area contributed by atoms with Gasteiger partial charge in [-0.1, -0.05) is 0 Å². The lowest BCUT2D eigenvalue weighted by atomic mass is 9.96. The molecule has 1 amide bonds. The molecule has 1 fully saturated rings. The molecule has 0 aliphatic carbocycles. The summed E-state index contributed by atoms with van der Waals surface area (Å²) in [6.07, 6.45) is 4.69. The number of piperidine rings is 1. The molecule has 2 aromatic heterocycles. The molecule has 128 valence electrons. The predicted molar refractivity (Wildman–Crippen MR) is 93.3 cm³/mol. The summed E-state index contributed by atoms with van der Waals surface area (Å²) in [7, 11) is 1.55. The summed E-state index contributed by atoms with van der Waals surface area (Å²) >= 11 is 0. The first-order chi connectivity index (χ1) is 12.2. The summed E-state index contributed by atoms with van der Waals surface area (Å²) in [5.41, 5.74) is 1.22. The predicted octanol–water partition coefficient (Wildman–Crippen LogP) is 2.21. The zero-order chi connectivity index (χ0) is 17.6. The third-order valence-electron chi connectivity index (χ3n) is 4.28. The Morgan fingerprint density at radius 3 is 2.60 bits per heavy atom. The van der Waals surface area contributed by atoms with E-state index < -0.39 is 0 Å². The van der Waals surface area contributed by atoms with Gasteiger partial charge in [-0.3, -0.25) is 4.79 Å². The number of pyridine rings is 2. The van der Waals surface area contributed by atoms with Gasteiger partial charge in [-0.15, -0.1) is 0 Å². The topological polar surface area (TPSA) is 91.1 Å². The van der Waals surface area contributed by atoms with Gasteiger partial charge in [0.25, 0.3) is 0 Å². The van der Waals surface area contributed by atoms with Crippen LogP contribution in [-0.2, 0) is 4.79 Å². The molecule has 1 saturated heterocycles. The van der Waals surface area contributed by atoms with E-state index >= 15 is 0 Å². The van der Waals surface area contributed by atoms with Crippen molar-refractivity contribution in [1.29, 1.82) is 5.26 Å². The van der Waals surface area contributed by atoms with Crippen molar-refractivity contribution in [1.82, 2.24) is 9.97 Å². The number of nitrogens with one attached hydrogen (secondary N) is 1. The molecule has 0 unspecified atom stereocenters. The van der Waals surface area contributed by atoms with Gasteiger partial charge >= 0.3 is 0 Å². The molecule has 7 heteroatoms. The molecule has 0 atom stereocenters. The van der Waals surface area contributed by atoms with Crippen molar-refractivity contribution in [3.8, 4) is 11.9 Å². The van der Waals surface area contributed by atoms with Gasteiger partial charge in [-0.2, -0.15) is 5.26 Å². The van der Waals surface area contributed by atoms with Crippen molar-refractivity contribution in [2.45, 2.75) is 12.8 Å². The lowest BCUT2D eigenvalue weighted by Gasteiger charge is -2.32. The number of hydrogen-bond acceptors (Lipinski definition) is 6. The first-order valence-electron chi connectivity index (χ1n) is 8.11. The van der Waals surface area contributed by atoms with E-state index in [1.54, 1.807) is 37.7 Å². The smallest absolute Gasteiger partial charge is 0.227 e. The van der Waals surface area contributed by atoms with Gasteiger partial charge in [0.1, 0.15) is 11.9 Å². The van der Waals surface area contributed by atoms with E-state index in [-0.39, 0.29) is 11.8 Å². The highest BCUT2D eigenvalue weighted by atomic mass is 16.5. The summed E-state index contributed by atoms with van der Waals surface area (Å²) in [6, 6.07) is 9.17. The lowest BCUT2D eigenvalue weighted by Crippen LogP contribution is -2.38. The summed E-state index contributed by atoms with van der Waals surface area (Å²) in [5.74, 6) is 1.34. The number of rotatable bonds is 4. The SMILES string of the molecule is COc1ccc(NC(=O)C2CCN(c3ccc(C#N)cn3)CC2)cn1. The third kappa shape index (κ3) is 4.04. The highest BCUT2D eigenvalue weighted by molar-refractivity contribution is 5.92. The minimum atomic E-state index is -0.0308. The van der Waals surface area contributed by atoms with Crippen LogP contribution in [0.4, 0.5) is 11.5 Å². The van der Waals surface area contributed by atoms with Gasteiger partial charge in [0.15, 0.2) is 0 Å². The molecule has 3 heterocycles. The fourth-order valence-corrected chi connectivity index (χ4v) is 2.83. The van der Waals surface area contributed by atoms with E-state index in [4.69, 9.17) is 10.00 Å². The van der Waals surface area contributed by atoms with Gasteiger partial charge < -0.3 is 15.0 Å². The van der Waals surface area contributed by atoms with Gasteiger partial charge in [0, 0.05) is 31.3 Å². The number of aromatic nitrogens is 2. The van der Waals surface area contributed by atoms with Crippen LogP contribution < -0.4 is 15.0 Å². The molecule has 0 bridgehead atoms. The van der Waals surface area contributed by atoms with Crippen molar-refractivity contribution >= 4 is 17.4 Å². The molecule has 7 nitrogen and oxygen atoms in total. The summed E-state index contributed by atoms with van der Waals surface area (Å²) in [6.45, 7) is 1.52. The minimum Gasteiger partial charge on any atom is -0.481 e. The Balaban J connectivity index is 1.53. The molecule has 2 aromatic rings. The Morgan fingerprint density at radius 1 is 1.24 bits per heavy atom. The third-order valence-corrected chi connectivity index (χ3v) is 4.28. The van der Waals surface area contributed by atoms with Crippen LogP contribution in [0.25, 0.3) is 0 Å². The molecule has 25 heavy (non-hydrogen) atoms. The number of carbonyl (C=O) groups excluding carboxylic acids is 1. The first kappa shape index (κ1) is 16.7. The van der Waals surface area contributed by atoms with E-state index in [2.05, 4.69) is 26.3 Å². The molecule has 1 N–H and O–H groups in total. The Kier molecular flexibility index (Phi) is 5.09. The standard InChI is InChI=1S/C18H19N5O2/c1-25-17-5-3-15(12-21-17)22-18(24)14-6-8-23(9-7-14)16-4-2-13(10-19)11-20-16/h2-5,11-12,14H,6-9H2,1H3,(H,22,24). The Morgan fingerprint density at radius 2 is 2.04 bits per heavy atom. The number of nitriles is 1. The van der Waals surface area contributed by atoms with E-state index in [1.807, 2.05) is 6.07 Å². The van der Waals surface area contributed by atoms with Crippen LogP contribution in [0.15, 0.2) is 36.7 Å². The molecule has 0 spiro atoms. The maximum Gasteiger partial charge on any atom is 0.227 e. The number of hydrogen-bond donors (Lipinski definition) is 1. The van der Waals surface area contributed by atoms with Crippen LogP contribution in [0.3, 0.4) is 0 Å². The van der Waals surface area contributed by atoms with E-state index in [0.717, 1.165) is 31.7 Å². The van der Waals surface area contributed by atoms with Crippen LogP contribution in [0.5, 0.6) is 5.88 Å². The van der Waals surface area contributed by atoms with Crippen molar-refractivity contribution in [2.24, 2.45) is 5.92 Å². The number of nitrogens with zero attached hydrogens (tertiary/aromatic N) is 4. The molecular weight excluding hydrogens is 318 g/mol. The number of carbonyl (C=O) groups is 1. The molecule has 1 aliphatic heterocycles. The van der Waals surface area contributed by atoms with Crippen molar-refractivity contribution in [2.75, 3.05) is 30.4 Å². The van der Waals surface area contributed by atoms with Crippen molar-refractivity contribution < 1.29 is 9.53 Å². The van der Waals surface area contributed by atoms with Crippen LogP contribution >= 0.6 is 0 Å². The van der Waals surface area contributed by atoms with Gasteiger partial charge in [0.2, 0.25) is 11.8 Å². The average molecular weight is 337 g/mol. The first-order valence-corrected chi connectivity index (χ1v) is 8.11. The zero-order valence-corrected chi connectivity index (χ0v) is 14.0. The molecule has 0 aromatic carbocycles. The average Bonchev–Trinajstić information content (AvgIpc) is 2.69. The highest BCUT2D eigenvalue weighted by Gasteiger charge is 2.25. The van der Waals surface area contributed by atoms with E-state index in [1.165, 1.54) is 0 Å². The Hall–Kier alpha value is -3.14. The molecule has 3 rings (SSSR count). The van der Waals surface area contributed by atoms with Crippen LogP contribution in [0, 0.1) is 17.2 Å². The van der Waals surface area contributed by atoms with Gasteiger partial charge in [-0.25, -0.2) is 9.97 Å². The minimum absolute atomic E-state index is 0.0133. The highest BCUT2D eigenvalue weighted by Crippen LogP contribution is 2.23. The fraction of sp³-hybridized carbons (Fsp3) is 0.333. The molecule has 0 radical (unpaired) electrons. The maximum atomic E-state index is 12.4.